The van der Waals surface area contributed by atoms with Crippen LogP contribution in [0, 0.1) is 0 Å². The highest BCUT2D eigenvalue weighted by atomic mass is 32.2. The smallest absolute Gasteiger partial charge is 0.441 e. The first-order valence-electron chi connectivity index (χ1n) is 4.76. The van der Waals surface area contributed by atoms with Gasteiger partial charge in [0.2, 0.25) is 0 Å². The summed E-state index contributed by atoms with van der Waals surface area (Å²) >= 11 is 0.820. The van der Waals surface area contributed by atoms with Crippen molar-refractivity contribution in [2.75, 3.05) is 18.1 Å². The average Bonchev–Trinajstić information content (AvgIpc) is 2.72. The van der Waals surface area contributed by atoms with Gasteiger partial charge in [-0.3, -0.25) is 0 Å². The molecule has 18 heavy (non-hydrogen) atoms. The van der Waals surface area contributed by atoms with Crippen molar-refractivity contribution in [2.45, 2.75) is 17.7 Å². The van der Waals surface area contributed by atoms with Crippen LogP contribution in [0.2, 0.25) is 0 Å². The van der Waals surface area contributed by atoms with E-state index >= 15 is 0 Å². The van der Waals surface area contributed by atoms with Gasteiger partial charge >= 0.3 is 17.4 Å². The van der Waals surface area contributed by atoms with Gasteiger partial charge in [0.15, 0.2) is 0 Å². The van der Waals surface area contributed by atoms with Gasteiger partial charge in [0.25, 0.3) is 5.22 Å². The summed E-state index contributed by atoms with van der Waals surface area (Å²) in [6.07, 6.45) is 0. The third-order valence-corrected chi connectivity index (χ3v) is 3.25. The molecule has 1 rings (SSSR count). The molecule has 0 aliphatic carbocycles. The molecular formula is C8H9F3N2O3S2. The standard InChI is InChI=1S/C8H9F3N2O3S2/c1-2-15-6(14)5-12-13-7(16-5)17-3-4-18-8(9,10)11/h2-4H2,1H3. The monoisotopic (exact) mass is 302 g/mol. The van der Waals surface area contributed by atoms with Crippen LogP contribution >= 0.6 is 23.5 Å². The van der Waals surface area contributed by atoms with E-state index in [-0.39, 0.29) is 41.0 Å². The maximum absolute atomic E-state index is 11.8. The van der Waals surface area contributed by atoms with Gasteiger partial charge in [-0.2, -0.15) is 13.2 Å². The van der Waals surface area contributed by atoms with Crippen LogP contribution in [0.5, 0.6) is 0 Å². The van der Waals surface area contributed by atoms with Crippen molar-refractivity contribution in [2.24, 2.45) is 0 Å². The molecule has 0 saturated carbocycles. The van der Waals surface area contributed by atoms with Crippen LogP contribution in [0.25, 0.3) is 0 Å². The summed E-state index contributed by atoms with van der Waals surface area (Å²) in [5.41, 5.74) is -4.24. The van der Waals surface area contributed by atoms with Crippen molar-refractivity contribution in [3.8, 4) is 0 Å². The Morgan fingerprint density at radius 3 is 2.72 bits per heavy atom. The van der Waals surface area contributed by atoms with Crippen LogP contribution in [-0.4, -0.2) is 39.8 Å². The predicted molar refractivity (Wildman–Crippen MR) is 59.5 cm³/mol. The molecule has 0 spiro atoms. The normalized spacial score (nSPS) is 11.6. The highest BCUT2D eigenvalue weighted by Gasteiger charge is 2.27. The molecule has 0 bridgehead atoms. The number of halogens is 3. The van der Waals surface area contributed by atoms with E-state index in [0.29, 0.717) is 0 Å². The van der Waals surface area contributed by atoms with Gasteiger partial charge in [-0.05, 0) is 6.92 Å². The van der Waals surface area contributed by atoms with Gasteiger partial charge in [-0.25, -0.2) is 4.79 Å². The number of nitrogens with zero attached hydrogens (tertiary/aromatic N) is 2. The summed E-state index contributed by atoms with van der Waals surface area (Å²) in [5.74, 6) is -1.04. The van der Waals surface area contributed by atoms with Gasteiger partial charge in [-0.15, -0.1) is 5.10 Å². The second-order valence-electron chi connectivity index (χ2n) is 2.74. The first-order valence-corrected chi connectivity index (χ1v) is 6.73. The van der Waals surface area contributed by atoms with E-state index in [4.69, 9.17) is 4.42 Å². The van der Waals surface area contributed by atoms with Crippen LogP contribution in [-0.2, 0) is 4.74 Å². The van der Waals surface area contributed by atoms with Crippen molar-refractivity contribution in [3.63, 3.8) is 0 Å². The molecule has 102 valence electrons. The molecular weight excluding hydrogens is 293 g/mol. The molecule has 0 aromatic carbocycles. The van der Waals surface area contributed by atoms with E-state index in [1.165, 1.54) is 0 Å². The average molecular weight is 302 g/mol. The van der Waals surface area contributed by atoms with Crippen LogP contribution in [0.15, 0.2) is 9.64 Å². The van der Waals surface area contributed by atoms with Crippen molar-refractivity contribution in [3.05, 3.63) is 5.89 Å². The second kappa shape index (κ2) is 6.88. The summed E-state index contributed by atoms with van der Waals surface area (Å²) in [6, 6.07) is 0. The third-order valence-electron chi connectivity index (χ3n) is 1.43. The van der Waals surface area contributed by atoms with E-state index in [9.17, 15) is 18.0 Å². The fourth-order valence-electron chi connectivity index (χ4n) is 0.830. The van der Waals surface area contributed by atoms with Gasteiger partial charge in [0.1, 0.15) is 0 Å². The zero-order valence-electron chi connectivity index (χ0n) is 9.19. The minimum absolute atomic E-state index is 0.0424. The lowest BCUT2D eigenvalue weighted by Gasteiger charge is -2.03. The zero-order chi connectivity index (χ0) is 13.6. The van der Waals surface area contributed by atoms with Crippen molar-refractivity contribution >= 4 is 29.5 Å². The maximum atomic E-state index is 11.8. The third kappa shape index (κ3) is 5.63. The minimum Gasteiger partial charge on any atom is -0.459 e. The molecule has 0 amide bonds. The molecule has 0 atom stereocenters. The zero-order valence-corrected chi connectivity index (χ0v) is 10.8. The highest BCUT2D eigenvalue weighted by Crippen LogP contribution is 2.31. The molecule has 1 aromatic heterocycles. The lowest BCUT2D eigenvalue weighted by atomic mass is 10.7. The number of ether oxygens (including phenoxy) is 1. The molecule has 0 radical (unpaired) electrons. The Balaban J connectivity index is 2.33. The van der Waals surface area contributed by atoms with E-state index in [0.717, 1.165) is 11.8 Å². The predicted octanol–water partition coefficient (Wildman–Crippen LogP) is 2.59. The Morgan fingerprint density at radius 1 is 1.39 bits per heavy atom. The van der Waals surface area contributed by atoms with Gasteiger partial charge in [0, 0.05) is 11.5 Å². The van der Waals surface area contributed by atoms with E-state index in [1.807, 2.05) is 0 Å². The van der Waals surface area contributed by atoms with Crippen LogP contribution in [0.4, 0.5) is 13.2 Å². The summed E-state index contributed by atoms with van der Waals surface area (Å²) in [4.78, 5) is 11.1. The van der Waals surface area contributed by atoms with E-state index in [1.54, 1.807) is 6.92 Å². The number of hydrogen-bond donors (Lipinski definition) is 0. The Bertz CT molecular complexity index is 397. The van der Waals surface area contributed by atoms with Crippen LogP contribution in [0.1, 0.15) is 17.6 Å². The summed E-state index contributed by atoms with van der Waals surface area (Å²) in [6.45, 7) is 1.80. The second-order valence-corrected chi connectivity index (χ2v) is 4.94. The Kier molecular flexibility index (Phi) is 5.79. The lowest BCUT2D eigenvalue weighted by Crippen LogP contribution is -2.04. The number of esters is 1. The molecule has 0 aliphatic heterocycles. The molecule has 0 saturated heterocycles. The molecule has 1 heterocycles. The SMILES string of the molecule is CCOC(=O)c1nnc(SCCSC(F)(F)F)o1. The number of rotatable bonds is 6. The van der Waals surface area contributed by atoms with Gasteiger partial charge in [-0.1, -0.05) is 28.6 Å². The minimum atomic E-state index is -4.24. The molecule has 0 fully saturated rings. The van der Waals surface area contributed by atoms with Crippen LogP contribution in [0.3, 0.4) is 0 Å². The summed E-state index contributed by atoms with van der Waals surface area (Å²) in [5, 5.41) is 6.97. The molecule has 5 nitrogen and oxygen atoms in total. The Labute approximate surface area is 109 Å². The van der Waals surface area contributed by atoms with Gasteiger partial charge in [0.05, 0.1) is 6.61 Å². The van der Waals surface area contributed by atoms with Crippen molar-refractivity contribution in [1.29, 1.82) is 0 Å². The summed E-state index contributed by atoms with van der Waals surface area (Å²) in [7, 11) is 0. The summed E-state index contributed by atoms with van der Waals surface area (Å²) < 4.78 is 45.0. The van der Waals surface area contributed by atoms with E-state index in [2.05, 4.69) is 14.9 Å². The number of carbonyl (C=O) groups excluding carboxylic acids is 1. The van der Waals surface area contributed by atoms with Crippen LogP contribution < -0.4 is 0 Å². The topological polar surface area (TPSA) is 65.2 Å². The van der Waals surface area contributed by atoms with Crippen molar-refractivity contribution < 1.29 is 27.1 Å². The number of carbonyl (C=O) groups is 1. The highest BCUT2D eigenvalue weighted by molar-refractivity contribution is 8.03. The van der Waals surface area contributed by atoms with E-state index < -0.39 is 11.5 Å². The number of thioether (sulfide) groups is 2. The number of hydrogen-bond acceptors (Lipinski definition) is 7. The molecule has 1 aromatic rings. The maximum Gasteiger partial charge on any atom is 0.441 e. The molecule has 0 aliphatic rings. The quantitative estimate of drug-likeness (QED) is 0.454. The fraction of sp³-hybridized carbons (Fsp3) is 0.625. The Morgan fingerprint density at radius 2 is 2.11 bits per heavy atom. The largest absolute Gasteiger partial charge is 0.459 e. The molecule has 10 heteroatoms. The molecule has 0 N–H and O–H groups in total. The van der Waals surface area contributed by atoms with Crippen molar-refractivity contribution in [1.82, 2.24) is 10.2 Å². The lowest BCUT2D eigenvalue weighted by molar-refractivity contribution is -0.0326. The Hall–Kier alpha value is -0.900. The number of alkyl halides is 3. The first-order chi connectivity index (χ1) is 8.42. The first kappa shape index (κ1) is 15.2. The fourth-order valence-corrected chi connectivity index (χ4v) is 2.14. The van der Waals surface area contributed by atoms with Gasteiger partial charge < -0.3 is 9.15 Å². The number of aromatic nitrogens is 2. The molecule has 0 unspecified atom stereocenters.